The summed E-state index contributed by atoms with van der Waals surface area (Å²) in [6, 6.07) is 7.89. The molecule has 0 aliphatic carbocycles. The molecule has 17 heavy (non-hydrogen) atoms. The highest BCUT2D eigenvalue weighted by Crippen LogP contribution is 2.25. The van der Waals surface area contributed by atoms with Crippen molar-refractivity contribution in [3.63, 3.8) is 0 Å². The maximum atomic E-state index is 5.79. The topological polar surface area (TPSA) is 36.9 Å². The van der Waals surface area contributed by atoms with Gasteiger partial charge in [-0.05, 0) is 12.1 Å². The molecule has 2 saturated heterocycles. The molecule has 0 radical (unpaired) electrons. The molecule has 1 atom stereocenters. The van der Waals surface area contributed by atoms with E-state index in [2.05, 4.69) is 0 Å². The van der Waals surface area contributed by atoms with Crippen LogP contribution in [0.2, 0.25) is 0 Å². The molecular formula is C13H16O4. The maximum Gasteiger partial charge on any atom is 0.184 e. The van der Waals surface area contributed by atoms with Crippen LogP contribution in [0.4, 0.5) is 0 Å². The van der Waals surface area contributed by atoms with E-state index in [1.165, 1.54) is 0 Å². The van der Waals surface area contributed by atoms with E-state index in [1.54, 1.807) is 0 Å². The van der Waals surface area contributed by atoms with Crippen molar-refractivity contribution in [3.8, 4) is 5.75 Å². The second kappa shape index (κ2) is 5.04. The smallest absolute Gasteiger partial charge is 0.184 e. The van der Waals surface area contributed by atoms with Gasteiger partial charge in [0.15, 0.2) is 6.29 Å². The van der Waals surface area contributed by atoms with Crippen LogP contribution in [0, 0.1) is 0 Å². The van der Waals surface area contributed by atoms with Crippen LogP contribution >= 0.6 is 0 Å². The molecule has 0 N–H and O–H groups in total. The first-order valence-corrected chi connectivity index (χ1v) is 5.99. The SMILES string of the molecule is c1cc(C2OCCO2)ccc1OC1CCOC1. The van der Waals surface area contributed by atoms with Crippen molar-refractivity contribution in [1.29, 1.82) is 0 Å². The summed E-state index contributed by atoms with van der Waals surface area (Å²) in [6.07, 6.45) is 0.954. The van der Waals surface area contributed by atoms with E-state index >= 15 is 0 Å². The van der Waals surface area contributed by atoms with Crippen LogP contribution in [-0.2, 0) is 14.2 Å². The molecule has 3 rings (SSSR count). The standard InChI is InChI=1S/C13H16O4/c1-3-11(17-12-5-6-14-9-12)4-2-10(1)13-15-7-8-16-13/h1-4,12-13H,5-9H2. The zero-order valence-corrected chi connectivity index (χ0v) is 9.63. The lowest BCUT2D eigenvalue weighted by molar-refractivity contribution is -0.0441. The Morgan fingerprint density at radius 2 is 1.76 bits per heavy atom. The second-order valence-corrected chi connectivity index (χ2v) is 4.25. The summed E-state index contributed by atoms with van der Waals surface area (Å²) in [5.41, 5.74) is 1.04. The van der Waals surface area contributed by atoms with E-state index in [0.717, 1.165) is 24.3 Å². The lowest BCUT2D eigenvalue weighted by Gasteiger charge is -2.13. The number of ether oxygens (including phenoxy) is 4. The van der Waals surface area contributed by atoms with Crippen LogP contribution in [0.25, 0.3) is 0 Å². The Balaban J connectivity index is 1.62. The second-order valence-electron chi connectivity index (χ2n) is 4.25. The highest BCUT2D eigenvalue weighted by Gasteiger charge is 2.19. The highest BCUT2D eigenvalue weighted by molar-refractivity contribution is 5.28. The van der Waals surface area contributed by atoms with Gasteiger partial charge in [-0.1, -0.05) is 12.1 Å². The molecule has 2 aliphatic rings. The van der Waals surface area contributed by atoms with Gasteiger partial charge in [0.05, 0.1) is 26.4 Å². The lowest BCUT2D eigenvalue weighted by Crippen LogP contribution is -2.15. The maximum absolute atomic E-state index is 5.79. The van der Waals surface area contributed by atoms with Gasteiger partial charge in [-0.2, -0.15) is 0 Å². The van der Waals surface area contributed by atoms with Gasteiger partial charge in [0.2, 0.25) is 0 Å². The largest absolute Gasteiger partial charge is 0.488 e. The Morgan fingerprint density at radius 1 is 1.00 bits per heavy atom. The summed E-state index contributed by atoms with van der Waals surface area (Å²) >= 11 is 0. The van der Waals surface area contributed by atoms with E-state index in [4.69, 9.17) is 18.9 Å². The number of hydrogen-bond donors (Lipinski definition) is 0. The Bertz CT molecular complexity index is 350. The molecule has 0 saturated carbocycles. The van der Waals surface area contributed by atoms with Crippen LogP contribution in [0.5, 0.6) is 5.75 Å². The fourth-order valence-electron chi connectivity index (χ4n) is 2.05. The van der Waals surface area contributed by atoms with Crippen LogP contribution < -0.4 is 4.74 Å². The molecule has 1 aromatic rings. The summed E-state index contributed by atoms with van der Waals surface area (Å²) in [6.45, 7) is 2.83. The molecule has 4 heteroatoms. The van der Waals surface area contributed by atoms with Crippen LogP contribution in [0.15, 0.2) is 24.3 Å². The van der Waals surface area contributed by atoms with E-state index in [0.29, 0.717) is 19.8 Å². The summed E-state index contributed by atoms with van der Waals surface area (Å²) in [7, 11) is 0. The van der Waals surface area contributed by atoms with Crippen molar-refractivity contribution in [2.24, 2.45) is 0 Å². The summed E-state index contributed by atoms with van der Waals surface area (Å²) in [5.74, 6) is 0.877. The van der Waals surface area contributed by atoms with E-state index in [1.807, 2.05) is 24.3 Å². The molecule has 2 fully saturated rings. The Hall–Kier alpha value is -1.10. The molecule has 0 aromatic heterocycles. The molecule has 1 unspecified atom stereocenters. The average Bonchev–Trinajstić information content (AvgIpc) is 3.01. The number of rotatable bonds is 3. The third kappa shape index (κ3) is 2.60. The van der Waals surface area contributed by atoms with Gasteiger partial charge in [-0.3, -0.25) is 0 Å². The van der Waals surface area contributed by atoms with Crippen molar-refractivity contribution in [2.45, 2.75) is 18.8 Å². The molecule has 2 heterocycles. The highest BCUT2D eigenvalue weighted by atomic mass is 16.7. The molecule has 0 bridgehead atoms. The van der Waals surface area contributed by atoms with Gasteiger partial charge in [-0.15, -0.1) is 0 Å². The van der Waals surface area contributed by atoms with E-state index in [9.17, 15) is 0 Å². The Kier molecular flexibility index (Phi) is 3.27. The van der Waals surface area contributed by atoms with Gasteiger partial charge >= 0.3 is 0 Å². The minimum atomic E-state index is -0.209. The predicted octanol–water partition coefficient (Wildman–Crippen LogP) is 1.90. The van der Waals surface area contributed by atoms with Gasteiger partial charge in [-0.25, -0.2) is 0 Å². The normalized spacial score (nSPS) is 25.3. The molecule has 0 amide bonds. The first kappa shape index (κ1) is 11.0. The van der Waals surface area contributed by atoms with Crippen molar-refractivity contribution in [2.75, 3.05) is 26.4 Å². The molecule has 92 valence electrons. The number of benzene rings is 1. The molecule has 4 nitrogen and oxygen atoms in total. The van der Waals surface area contributed by atoms with Gasteiger partial charge < -0.3 is 18.9 Å². The summed E-state index contributed by atoms with van der Waals surface area (Å²) < 4.78 is 21.9. The zero-order valence-electron chi connectivity index (χ0n) is 9.63. The zero-order chi connectivity index (χ0) is 11.5. The third-order valence-electron chi connectivity index (χ3n) is 2.96. The fourth-order valence-corrected chi connectivity index (χ4v) is 2.05. The predicted molar refractivity (Wildman–Crippen MR) is 60.9 cm³/mol. The fraction of sp³-hybridized carbons (Fsp3) is 0.538. The minimum Gasteiger partial charge on any atom is -0.488 e. The monoisotopic (exact) mass is 236 g/mol. The Labute approximate surface area is 100 Å². The first-order chi connectivity index (χ1) is 8.42. The van der Waals surface area contributed by atoms with Crippen molar-refractivity contribution < 1.29 is 18.9 Å². The molecule has 2 aliphatic heterocycles. The molecule has 0 spiro atoms. The Morgan fingerprint density at radius 3 is 2.41 bits per heavy atom. The van der Waals surface area contributed by atoms with Gasteiger partial charge in [0.25, 0.3) is 0 Å². The van der Waals surface area contributed by atoms with Crippen molar-refractivity contribution >= 4 is 0 Å². The number of hydrogen-bond acceptors (Lipinski definition) is 4. The third-order valence-corrected chi connectivity index (χ3v) is 2.96. The average molecular weight is 236 g/mol. The van der Waals surface area contributed by atoms with Crippen LogP contribution in [-0.4, -0.2) is 32.5 Å². The van der Waals surface area contributed by atoms with Crippen molar-refractivity contribution in [1.82, 2.24) is 0 Å². The molecular weight excluding hydrogens is 220 g/mol. The summed E-state index contributed by atoms with van der Waals surface area (Å²) in [5, 5.41) is 0. The van der Waals surface area contributed by atoms with Crippen molar-refractivity contribution in [3.05, 3.63) is 29.8 Å². The quantitative estimate of drug-likeness (QED) is 0.803. The van der Waals surface area contributed by atoms with Crippen LogP contribution in [0.3, 0.4) is 0 Å². The minimum absolute atomic E-state index is 0.194. The van der Waals surface area contributed by atoms with Crippen LogP contribution in [0.1, 0.15) is 18.3 Å². The lowest BCUT2D eigenvalue weighted by atomic mass is 10.2. The first-order valence-electron chi connectivity index (χ1n) is 5.99. The van der Waals surface area contributed by atoms with Gasteiger partial charge in [0, 0.05) is 12.0 Å². The summed E-state index contributed by atoms with van der Waals surface area (Å²) in [4.78, 5) is 0. The van der Waals surface area contributed by atoms with Gasteiger partial charge in [0.1, 0.15) is 11.9 Å². The van der Waals surface area contributed by atoms with E-state index < -0.39 is 0 Å². The molecule has 1 aromatic carbocycles. The van der Waals surface area contributed by atoms with E-state index in [-0.39, 0.29) is 12.4 Å².